The van der Waals surface area contributed by atoms with Crippen molar-refractivity contribution >= 4 is 23.4 Å². The molecule has 1 N–H and O–H groups in total. The third-order valence-electron chi connectivity index (χ3n) is 5.41. The number of thioether (sulfide) groups is 1. The molecule has 2 aliphatic heterocycles. The molecule has 3 rings (SSSR count). The SMILES string of the molecule is CCSC1(CNC(=NC)N2CCN(c3ccc(F)cc3)CC2)CCOCC1. The lowest BCUT2D eigenvalue weighted by molar-refractivity contribution is 0.0780. The summed E-state index contributed by atoms with van der Waals surface area (Å²) in [6.07, 6.45) is 2.18. The van der Waals surface area contributed by atoms with Gasteiger partial charge < -0.3 is 19.9 Å². The number of hydrogen-bond acceptors (Lipinski definition) is 4. The summed E-state index contributed by atoms with van der Waals surface area (Å²) in [5.74, 6) is 1.92. The van der Waals surface area contributed by atoms with Crippen LogP contribution in [0, 0.1) is 5.82 Å². The van der Waals surface area contributed by atoms with Gasteiger partial charge in [0.05, 0.1) is 0 Å². The third kappa shape index (κ3) is 5.29. The van der Waals surface area contributed by atoms with Crippen LogP contribution in [0.15, 0.2) is 29.3 Å². The fourth-order valence-electron chi connectivity index (χ4n) is 3.82. The molecule has 2 heterocycles. The number of hydrogen-bond donors (Lipinski definition) is 1. The van der Waals surface area contributed by atoms with Crippen LogP contribution in [0.1, 0.15) is 19.8 Å². The highest BCUT2D eigenvalue weighted by molar-refractivity contribution is 8.00. The summed E-state index contributed by atoms with van der Waals surface area (Å²) >= 11 is 2.04. The van der Waals surface area contributed by atoms with Gasteiger partial charge in [0.15, 0.2) is 5.96 Å². The molecule has 0 saturated carbocycles. The molecule has 0 radical (unpaired) electrons. The minimum Gasteiger partial charge on any atom is -0.381 e. The van der Waals surface area contributed by atoms with Crippen molar-refractivity contribution in [2.45, 2.75) is 24.5 Å². The number of nitrogens with zero attached hydrogens (tertiary/aromatic N) is 3. The highest BCUT2D eigenvalue weighted by Gasteiger charge is 2.33. The van der Waals surface area contributed by atoms with Crippen molar-refractivity contribution in [3.8, 4) is 0 Å². The van der Waals surface area contributed by atoms with Crippen LogP contribution in [-0.2, 0) is 4.74 Å². The first-order chi connectivity index (χ1) is 13.2. The van der Waals surface area contributed by atoms with Gasteiger partial charge in [-0.2, -0.15) is 11.8 Å². The molecule has 0 amide bonds. The number of benzene rings is 1. The van der Waals surface area contributed by atoms with E-state index in [1.165, 1.54) is 12.1 Å². The van der Waals surface area contributed by atoms with Crippen LogP contribution in [0.3, 0.4) is 0 Å². The minimum atomic E-state index is -0.186. The third-order valence-corrected chi connectivity index (χ3v) is 6.86. The maximum Gasteiger partial charge on any atom is 0.193 e. The Morgan fingerprint density at radius 1 is 1.19 bits per heavy atom. The van der Waals surface area contributed by atoms with Gasteiger partial charge in [0.1, 0.15) is 5.82 Å². The number of nitrogens with one attached hydrogen (secondary N) is 1. The number of guanidine groups is 1. The Bertz CT molecular complexity index is 605. The second kappa shape index (κ2) is 9.64. The number of ether oxygens (including phenoxy) is 1. The Balaban J connectivity index is 1.53. The number of aliphatic imine (C=N–C) groups is 1. The van der Waals surface area contributed by atoms with Crippen LogP contribution >= 0.6 is 11.8 Å². The summed E-state index contributed by atoms with van der Waals surface area (Å²) in [6, 6.07) is 6.77. The lowest BCUT2D eigenvalue weighted by atomic mass is 9.99. The van der Waals surface area contributed by atoms with E-state index in [2.05, 4.69) is 27.0 Å². The molecule has 150 valence electrons. The Morgan fingerprint density at radius 3 is 2.44 bits per heavy atom. The number of rotatable bonds is 5. The first-order valence-electron chi connectivity index (χ1n) is 9.83. The van der Waals surface area contributed by atoms with Crippen LogP contribution in [0.2, 0.25) is 0 Å². The van der Waals surface area contributed by atoms with E-state index in [1.54, 1.807) is 0 Å². The first kappa shape index (κ1) is 20.3. The summed E-state index contributed by atoms with van der Waals surface area (Å²) in [4.78, 5) is 9.14. The smallest absolute Gasteiger partial charge is 0.193 e. The van der Waals surface area contributed by atoms with Crippen molar-refractivity contribution in [1.82, 2.24) is 10.2 Å². The molecule has 2 saturated heterocycles. The number of anilines is 1. The fraction of sp³-hybridized carbons (Fsp3) is 0.650. The highest BCUT2D eigenvalue weighted by Crippen LogP contribution is 2.34. The molecule has 0 spiro atoms. The molecule has 2 fully saturated rings. The molecule has 7 heteroatoms. The lowest BCUT2D eigenvalue weighted by Crippen LogP contribution is -2.55. The largest absolute Gasteiger partial charge is 0.381 e. The monoisotopic (exact) mass is 394 g/mol. The quantitative estimate of drug-likeness (QED) is 0.614. The second-order valence-electron chi connectivity index (χ2n) is 7.08. The topological polar surface area (TPSA) is 40.1 Å². The second-order valence-corrected chi connectivity index (χ2v) is 8.81. The van der Waals surface area contributed by atoms with Gasteiger partial charge in [-0.15, -0.1) is 0 Å². The zero-order valence-corrected chi connectivity index (χ0v) is 17.2. The van der Waals surface area contributed by atoms with E-state index in [9.17, 15) is 4.39 Å². The molecule has 0 unspecified atom stereocenters. The van der Waals surface area contributed by atoms with E-state index < -0.39 is 0 Å². The van der Waals surface area contributed by atoms with Crippen LogP contribution in [0.25, 0.3) is 0 Å². The molecule has 1 aromatic carbocycles. The van der Waals surface area contributed by atoms with Gasteiger partial charge in [-0.05, 0) is 42.9 Å². The molecule has 2 aliphatic rings. The van der Waals surface area contributed by atoms with Crippen LogP contribution < -0.4 is 10.2 Å². The van der Waals surface area contributed by atoms with Gasteiger partial charge in [-0.1, -0.05) is 6.92 Å². The summed E-state index contributed by atoms with van der Waals surface area (Å²) in [5, 5.41) is 3.63. The van der Waals surface area contributed by atoms with E-state index >= 15 is 0 Å². The molecule has 0 atom stereocenters. The number of halogens is 1. The van der Waals surface area contributed by atoms with Crippen molar-refractivity contribution in [3.63, 3.8) is 0 Å². The van der Waals surface area contributed by atoms with E-state index in [1.807, 2.05) is 30.9 Å². The number of piperazine rings is 1. The van der Waals surface area contributed by atoms with Crippen molar-refractivity contribution in [2.75, 3.05) is 63.6 Å². The molecular formula is C20H31FN4OS. The van der Waals surface area contributed by atoms with Crippen molar-refractivity contribution in [3.05, 3.63) is 30.1 Å². The predicted molar refractivity (Wildman–Crippen MR) is 112 cm³/mol. The molecule has 0 aliphatic carbocycles. The van der Waals surface area contributed by atoms with Gasteiger partial charge in [0, 0.05) is 63.4 Å². The summed E-state index contributed by atoms with van der Waals surface area (Å²) in [5.41, 5.74) is 1.08. The van der Waals surface area contributed by atoms with Crippen LogP contribution in [0.4, 0.5) is 10.1 Å². The van der Waals surface area contributed by atoms with E-state index in [0.29, 0.717) is 0 Å². The minimum absolute atomic E-state index is 0.186. The fourth-order valence-corrected chi connectivity index (χ4v) is 5.06. The Labute approximate surface area is 166 Å². The average Bonchev–Trinajstić information content (AvgIpc) is 2.70. The molecule has 0 aromatic heterocycles. The molecule has 27 heavy (non-hydrogen) atoms. The lowest BCUT2D eigenvalue weighted by Gasteiger charge is -2.40. The van der Waals surface area contributed by atoms with E-state index in [-0.39, 0.29) is 10.6 Å². The van der Waals surface area contributed by atoms with Gasteiger partial charge >= 0.3 is 0 Å². The van der Waals surface area contributed by atoms with Gasteiger partial charge in [-0.25, -0.2) is 4.39 Å². The summed E-state index contributed by atoms with van der Waals surface area (Å²) < 4.78 is 19.0. The highest BCUT2D eigenvalue weighted by atomic mass is 32.2. The molecule has 0 bridgehead atoms. The van der Waals surface area contributed by atoms with Crippen molar-refractivity contribution in [1.29, 1.82) is 0 Å². The maximum absolute atomic E-state index is 13.1. The van der Waals surface area contributed by atoms with Gasteiger partial charge in [0.2, 0.25) is 0 Å². The summed E-state index contributed by atoms with van der Waals surface area (Å²) in [7, 11) is 1.86. The van der Waals surface area contributed by atoms with E-state index in [4.69, 9.17) is 4.74 Å². The standard InChI is InChI=1S/C20H31FN4OS/c1-3-27-20(8-14-26-15-9-20)16-23-19(22-2)25-12-10-24(11-13-25)18-6-4-17(21)5-7-18/h4-7H,3,8-16H2,1-2H3,(H,22,23). The van der Waals surface area contributed by atoms with Gasteiger partial charge in [-0.3, -0.25) is 4.99 Å². The van der Waals surface area contributed by atoms with Crippen molar-refractivity contribution < 1.29 is 9.13 Å². The van der Waals surface area contributed by atoms with Crippen LogP contribution in [0.5, 0.6) is 0 Å². The zero-order valence-electron chi connectivity index (χ0n) is 16.4. The van der Waals surface area contributed by atoms with E-state index in [0.717, 1.165) is 76.2 Å². The summed E-state index contributed by atoms with van der Waals surface area (Å²) in [6.45, 7) is 8.50. The first-order valence-corrected chi connectivity index (χ1v) is 10.8. The normalized spacial score (nSPS) is 20.6. The van der Waals surface area contributed by atoms with Gasteiger partial charge in [0.25, 0.3) is 0 Å². The zero-order chi connectivity index (χ0) is 19.1. The van der Waals surface area contributed by atoms with Crippen molar-refractivity contribution in [2.24, 2.45) is 4.99 Å². The van der Waals surface area contributed by atoms with Crippen LogP contribution in [-0.4, -0.2) is 74.3 Å². The molecule has 5 nitrogen and oxygen atoms in total. The Morgan fingerprint density at radius 2 is 1.85 bits per heavy atom. The average molecular weight is 395 g/mol. The molecule has 1 aromatic rings. The Hall–Kier alpha value is -1.47. The predicted octanol–water partition coefficient (Wildman–Crippen LogP) is 2.83. The maximum atomic E-state index is 13.1. The Kier molecular flexibility index (Phi) is 7.24. The molecular weight excluding hydrogens is 363 g/mol.